The van der Waals surface area contributed by atoms with E-state index in [0.29, 0.717) is 0 Å². The first-order chi connectivity index (χ1) is 6.70. The molecule has 0 nitrogen and oxygen atoms in total. The van der Waals surface area contributed by atoms with Gasteiger partial charge in [0.1, 0.15) is 0 Å². The number of allylic oxidation sites excluding steroid dienone is 2. The first-order valence-corrected chi connectivity index (χ1v) is 9.02. The quantitative estimate of drug-likeness (QED) is 0.449. The second kappa shape index (κ2) is 6.82. The van der Waals surface area contributed by atoms with Crippen LogP contribution in [0.1, 0.15) is 19.8 Å². The molecule has 0 aliphatic carbocycles. The zero-order valence-electron chi connectivity index (χ0n) is 8.70. The van der Waals surface area contributed by atoms with Crippen molar-refractivity contribution in [3.63, 3.8) is 0 Å². The molecule has 1 rings (SSSR count). The van der Waals surface area contributed by atoms with E-state index in [0.717, 1.165) is 5.03 Å². The SMILES string of the molecule is C/C(Cl)=C1\CCC[Se+](C)C1.F[B-](F)(F)F. The summed E-state index contributed by atoms with van der Waals surface area (Å²) >= 11 is 5.69. The Morgan fingerprint density at radius 2 is 1.80 bits per heavy atom. The molecular weight excluding hydrogens is 297 g/mol. The Kier molecular flexibility index (Phi) is 6.97. The van der Waals surface area contributed by atoms with E-state index in [4.69, 9.17) is 11.6 Å². The van der Waals surface area contributed by atoms with Gasteiger partial charge in [-0.05, 0) is 0 Å². The Morgan fingerprint density at radius 3 is 2.07 bits per heavy atom. The van der Waals surface area contributed by atoms with E-state index in [1.165, 1.54) is 23.5 Å². The predicted octanol–water partition coefficient (Wildman–Crippen LogP) is 4.72. The van der Waals surface area contributed by atoms with E-state index in [-0.39, 0.29) is 13.9 Å². The molecule has 15 heavy (non-hydrogen) atoms. The van der Waals surface area contributed by atoms with Gasteiger partial charge < -0.3 is 17.3 Å². The minimum Gasteiger partial charge on any atom is -0.418 e. The molecule has 0 aromatic rings. The summed E-state index contributed by atoms with van der Waals surface area (Å²) in [5, 5.41) is 3.93. The van der Waals surface area contributed by atoms with Gasteiger partial charge >= 0.3 is 79.6 Å². The molecule has 1 aliphatic heterocycles. The molecular formula is C8H14BClF4Se. The van der Waals surface area contributed by atoms with E-state index in [9.17, 15) is 17.3 Å². The summed E-state index contributed by atoms with van der Waals surface area (Å²) in [6.45, 7) is 2.03. The van der Waals surface area contributed by atoms with Gasteiger partial charge in [0.15, 0.2) is 0 Å². The largest absolute Gasteiger partial charge is 0.673 e. The van der Waals surface area contributed by atoms with Crippen molar-refractivity contribution in [2.24, 2.45) is 0 Å². The maximum atomic E-state index is 9.75. The number of rotatable bonds is 0. The number of hydrogen-bond donors (Lipinski definition) is 0. The second-order valence-electron chi connectivity index (χ2n) is 3.37. The maximum Gasteiger partial charge on any atom is 0.673 e. The van der Waals surface area contributed by atoms with Crippen LogP contribution in [0.4, 0.5) is 17.3 Å². The molecule has 0 radical (unpaired) electrons. The van der Waals surface area contributed by atoms with Crippen LogP contribution >= 0.6 is 11.6 Å². The first-order valence-electron chi connectivity index (χ1n) is 4.50. The van der Waals surface area contributed by atoms with Gasteiger partial charge in [-0.3, -0.25) is 0 Å². The van der Waals surface area contributed by atoms with Crippen LogP contribution in [-0.4, -0.2) is 21.2 Å². The van der Waals surface area contributed by atoms with Gasteiger partial charge in [0.25, 0.3) is 0 Å². The van der Waals surface area contributed by atoms with E-state index in [1.807, 2.05) is 6.92 Å². The summed E-state index contributed by atoms with van der Waals surface area (Å²) in [5.41, 5.74) is 1.54. The molecule has 7 heteroatoms. The summed E-state index contributed by atoms with van der Waals surface area (Å²) in [4.78, 5) is 0. The molecule has 0 aromatic carbocycles. The molecule has 0 N–H and O–H groups in total. The third-order valence-electron chi connectivity index (χ3n) is 1.88. The molecule has 0 saturated carbocycles. The molecule has 0 spiro atoms. The van der Waals surface area contributed by atoms with Crippen LogP contribution in [0.2, 0.25) is 16.5 Å². The molecule has 1 saturated heterocycles. The van der Waals surface area contributed by atoms with Crippen LogP contribution in [0.5, 0.6) is 0 Å². The van der Waals surface area contributed by atoms with Crippen LogP contribution in [-0.2, 0) is 0 Å². The fraction of sp³-hybridized carbons (Fsp3) is 0.750. The van der Waals surface area contributed by atoms with Crippen molar-refractivity contribution < 1.29 is 17.3 Å². The Morgan fingerprint density at radius 1 is 1.33 bits per heavy atom. The van der Waals surface area contributed by atoms with Gasteiger partial charge in [0, 0.05) is 0 Å². The molecule has 0 aromatic heterocycles. The molecule has 1 fully saturated rings. The normalized spacial score (nSPS) is 25.4. The van der Waals surface area contributed by atoms with Crippen LogP contribution in [0.25, 0.3) is 0 Å². The fourth-order valence-corrected chi connectivity index (χ4v) is 5.23. The zero-order chi connectivity index (χ0) is 12.1. The third-order valence-corrected chi connectivity index (χ3v) is 5.98. The summed E-state index contributed by atoms with van der Waals surface area (Å²) in [6, 6.07) is 0. The average Bonchev–Trinajstić information content (AvgIpc) is 2.00. The van der Waals surface area contributed by atoms with Crippen molar-refractivity contribution in [3.8, 4) is 0 Å². The number of hydrogen-bond acceptors (Lipinski definition) is 0. The van der Waals surface area contributed by atoms with Crippen molar-refractivity contribution in [3.05, 3.63) is 10.6 Å². The molecule has 1 atom stereocenters. The summed E-state index contributed by atoms with van der Waals surface area (Å²) in [5.74, 6) is 2.43. The van der Waals surface area contributed by atoms with Crippen LogP contribution in [0, 0.1) is 0 Å². The van der Waals surface area contributed by atoms with Gasteiger partial charge in [-0.2, -0.15) is 0 Å². The van der Waals surface area contributed by atoms with Crippen LogP contribution in [0.3, 0.4) is 0 Å². The number of halogens is 5. The Bertz CT molecular complexity index is 219. The summed E-state index contributed by atoms with van der Waals surface area (Å²) < 4.78 is 39.0. The van der Waals surface area contributed by atoms with E-state index in [1.54, 1.807) is 5.57 Å². The van der Waals surface area contributed by atoms with Gasteiger partial charge in [-0.1, -0.05) is 0 Å². The van der Waals surface area contributed by atoms with Gasteiger partial charge in [-0.25, -0.2) is 0 Å². The van der Waals surface area contributed by atoms with Gasteiger partial charge in [-0.15, -0.1) is 0 Å². The predicted molar refractivity (Wildman–Crippen MR) is 59.2 cm³/mol. The average molecular weight is 311 g/mol. The topological polar surface area (TPSA) is 0 Å². The molecule has 90 valence electrons. The smallest absolute Gasteiger partial charge is 0.418 e. The Labute approximate surface area is 97.1 Å². The Hall–Kier alpha value is 0.334. The van der Waals surface area contributed by atoms with Crippen LogP contribution in [0.15, 0.2) is 10.6 Å². The second-order valence-corrected chi connectivity index (χ2v) is 8.67. The molecule has 1 aliphatic rings. The fourth-order valence-electron chi connectivity index (χ4n) is 1.25. The minimum atomic E-state index is -6.00. The van der Waals surface area contributed by atoms with Crippen LogP contribution < -0.4 is 0 Å². The van der Waals surface area contributed by atoms with Crippen molar-refractivity contribution in [2.75, 3.05) is 0 Å². The molecule has 0 bridgehead atoms. The zero-order valence-corrected chi connectivity index (χ0v) is 11.2. The molecule has 1 heterocycles. The molecule has 0 amide bonds. The van der Waals surface area contributed by atoms with Crippen molar-refractivity contribution >= 4 is 32.8 Å². The monoisotopic (exact) mass is 312 g/mol. The maximum absolute atomic E-state index is 9.75. The van der Waals surface area contributed by atoms with Gasteiger partial charge in [0.2, 0.25) is 0 Å². The molecule has 1 unspecified atom stereocenters. The van der Waals surface area contributed by atoms with E-state index < -0.39 is 7.25 Å². The van der Waals surface area contributed by atoms with Gasteiger partial charge in [0.05, 0.1) is 0 Å². The Balaban J connectivity index is 0.000000336. The third kappa shape index (κ3) is 10.6. The van der Waals surface area contributed by atoms with Crippen molar-refractivity contribution in [1.29, 1.82) is 0 Å². The van der Waals surface area contributed by atoms with E-state index >= 15 is 0 Å². The summed E-state index contributed by atoms with van der Waals surface area (Å²) in [6.07, 6.45) is 2.66. The summed E-state index contributed by atoms with van der Waals surface area (Å²) in [7, 11) is -6.00. The van der Waals surface area contributed by atoms with E-state index in [2.05, 4.69) is 5.82 Å². The standard InChI is InChI=1S/C8H14ClSe.BF4/c1-7(9)8-4-3-5-10(2)6-8;2-1(3,4)5/h3-6H2,1-2H3;/q+1;-1/b8-7-;. The first kappa shape index (κ1) is 15.3. The minimum absolute atomic E-state index is 0.230. The van der Waals surface area contributed by atoms with Crippen molar-refractivity contribution in [2.45, 2.75) is 36.2 Å². The van der Waals surface area contributed by atoms with Crippen molar-refractivity contribution in [1.82, 2.24) is 0 Å².